The van der Waals surface area contributed by atoms with Crippen LogP contribution in [0.1, 0.15) is 31.2 Å². The lowest BCUT2D eigenvalue weighted by Crippen LogP contribution is -2.26. The lowest BCUT2D eigenvalue weighted by atomic mass is 10.0. The maximum absolute atomic E-state index is 11.5. The number of anilines is 1. The molecule has 0 fully saturated rings. The zero-order valence-corrected chi connectivity index (χ0v) is 13.9. The first-order valence-electron chi connectivity index (χ1n) is 7.71. The monoisotopic (exact) mass is 341 g/mol. The fraction of sp³-hybridized carbons (Fsp3) is 0.500. The van der Waals surface area contributed by atoms with Gasteiger partial charge in [0.1, 0.15) is 5.75 Å². The van der Waals surface area contributed by atoms with E-state index in [2.05, 4.69) is 10.6 Å². The van der Waals surface area contributed by atoms with E-state index in [1.54, 1.807) is 0 Å². The van der Waals surface area contributed by atoms with Crippen molar-refractivity contribution in [1.82, 2.24) is 5.32 Å². The predicted molar refractivity (Wildman–Crippen MR) is 92.1 cm³/mol. The van der Waals surface area contributed by atoms with E-state index in [-0.39, 0.29) is 24.2 Å². The number of hydrogen-bond donors (Lipinski definition) is 3. The third-order valence-electron chi connectivity index (χ3n) is 3.49. The fourth-order valence-electron chi connectivity index (χ4n) is 2.29. The van der Waals surface area contributed by atoms with Crippen LogP contribution in [-0.4, -0.2) is 31.5 Å². The number of fused-ring (bicyclic) bond motifs is 1. The van der Waals surface area contributed by atoms with E-state index < -0.39 is 0 Å². The third-order valence-corrected chi connectivity index (χ3v) is 3.49. The molecule has 0 aromatic heterocycles. The molecule has 0 saturated heterocycles. The Bertz CT molecular complexity index is 537. The summed E-state index contributed by atoms with van der Waals surface area (Å²) < 4.78 is 5.66. The smallest absolute Gasteiger partial charge is 0.224 e. The van der Waals surface area contributed by atoms with Crippen LogP contribution in [0, 0.1) is 0 Å². The first-order chi connectivity index (χ1) is 10.7. The summed E-state index contributed by atoms with van der Waals surface area (Å²) in [6.45, 7) is 1.71. The van der Waals surface area contributed by atoms with Crippen LogP contribution in [0.2, 0.25) is 0 Å². The third kappa shape index (κ3) is 6.46. The molecule has 1 aromatic rings. The molecule has 0 spiro atoms. The molecule has 2 rings (SSSR count). The largest absolute Gasteiger partial charge is 0.494 e. The van der Waals surface area contributed by atoms with Crippen LogP contribution in [0.3, 0.4) is 0 Å². The molecule has 2 amide bonds. The van der Waals surface area contributed by atoms with Gasteiger partial charge in [-0.3, -0.25) is 9.59 Å². The van der Waals surface area contributed by atoms with Crippen LogP contribution in [0.25, 0.3) is 0 Å². The standard InChI is InChI=1S/C16H23N3O3.ClH/c17-8-2-9-18-15(20)3-1-10-22-13-5-6-14-12(11-13)4-7-16(21)19-14;/h5-6,11H,1-4,7-10,17H2,(H,18,20)(H,19,21);1H. The van der Waals surface area contributed by atoms with Crippen LogP contribution >= 0.6 is 12.4 Å². The summed E-state index contributed by atoms with van der Waals surface area (Å²) in [5, 5.41) is 5.65. The van der Waals surface area contributed by atoms with E-state index in [0.717, 1.165) is 29.8 Å². The Balaban J connectivity index is 0.00000264. The van der Waals surface area contributed by atoms with Gasteiger partial charge < -0.3 is 21.1 Å². The molecule has 4 N–H and O–H groups in total. The zero-order valence-electron chi connectivity index (χ0n) is 13.1. The molecule has 0 atom stereocenters. The van der Waals surface area contributed by atoms with Gasteiger partial charge in [-0.1, -0.05) is 0 Å². The van der Waals surface area contributed by atoms with Crippen LogP contribution in [0.4, 0.5) is 5.69 Å². The van der Waals surface area contributed by atoms with Gasteiger partial charge in [-0.15, -0.1) is 12.4 Å². The molecule has 7 heteroatoms. The number of rotatable bonds is 8. The molecule has 6 nitrogen and oxygen atoms in total. The average Bonchev–Trinajstić information content (AvgIpc) is 2.52. The number of hydrogen-bond acceptors (Lipinski definition) is 4. The molecular formula is C16H24ClN3O3. The number of carbonyl (C=O) groups excluding carboxylic acids is 2. The highest BCUT2D eigenvalue weighted by atomic mass is 35.5. The Morgan fingerprint density at radius 2 is 2.13 bits per heavy atom. The van der Waals surface area contributed by atoms with Gasteiger partial charge in [-0.2, -0.15) is 0 Å². The second-order valence-electron chi connectivity index (χ2n) is 5.31. The lowest BCUT2D eigenvalue weighted by Gasteiger charge is -2.17. The van der Waals surface area contributed by atoms with Gasteiger partial charge in [0.05, 0.1) is 6.61 Å². The van der Waals surface area contributed by atoms with Crippen molar-refractivity contribution in [2.45, 2.75) is 32.1 Å². The normalized spacial score (nSPS) is 12.7. The van der Waals surface area contributed by atoms with E-state index in [9.17, 15) is 9.59 Å². The van der Waals surface area contributed by atoms with Crippen LogP contribution in [-0.2, 0) is 16.0 Å². The first-order valence-corrected chi connectivity index (χ1v) is 7.71. The number of ether oxygens (including phenoxy) is 1. The molecular weight excluding hydrogens is 318 g/mol. The molecule has 1 aliphatic heterocycles. The molecule has 23 heavy (non-hydrogen) atoms. The summed E-state index contributed by atoms with van der Waals surface area (Å²) in [5.74, 6) is 0.866. The Morgan fingerprint density at radius 1 is 1.30 bits per heavy atom. The number of nitrogens with one attached hydrogen (secondary N) is 2. The lowest BCUT2D eigenvalue weighted by molar-refractivity contribution is -0.121. The minimum Gasteiger partial charge on any atom is -0.494 e. The zero-order chi connectivity index (χ0) is 15.8. The summed E-state index contributed by atoms with van der Waals surface area (Å²) in [4.78, 5) is 22.8. The van der Waals surface area contributed by atoms with Gasteiger partial charge in [-0.25, -0.2) is 0 Å². The number of nitrogens with two attached hydrogens (primary N) is 1. The highest BCUT2D eigenvalue weighted by Gasteiger charge is 2.14. The van der Waals surface area contributed by atoms with Crippen molar-refractivity contribution >= 4 is 29.9 Å². The maximum Gasteiger partial charge on any atom is 0.224 e. The van der Waals surface area contributed by atoms with Gasteiger partial charge in [-0.05, 0) is 49.6 Å². The molecule has 0 bridgehead atoms. The molecule has 0 aliphatic carbocycles. The second-order valence-corrected chi connectivity index (χ2v) is 5.31. The van der Waals surface area contributed by atoms with E-state index in [1.165, 1.54) is 0 Å². The van der Waals surface area contributed by atoms with Crippen molar-refractivity contribution in [1.29, 1.82) is 0 Å². The molecule has 1 aliphatic rings. The second kappa shape index (κ2) is 10.1. The summed E-state index contributed by atoms with van der Waals surface area (Å²) >= 11 is 0. The van der Waals surface area contributed by atoms with Crippen molar-refractivity contribution in [3.05, 3.63) is 23.8 Å². The highest BCUT2D eigenvalue weighted by Crippen LogP contribution is 2.26. The Labute approximate surface area is 142 Å². The molecule has 1 heterocycles. The van der Waals surface area contributed by atoms with Crippen LogP contribution < -0.4 is 21.1 Å². The summed E-state index contributed by atoms with van der Waals surface area (Å²) in [7, 11) is 0. The molecule has 128 valence electrons. The Morgan fingerprint density at radius 3 is 2.91 bits per heavy atom. The number of benzene rings is 1. The van der Waals surface area contributed by atoms with Gasteiger partial charge in [0, 0.05) is 25.1 Å². The van der Waals surface area contributed by atoms with E-state index in [1.807, 2.05) is 18.2 Å². The van der Waals surface area contributed by atoms with E-state index in [0.29, 0.717) is 39.0 Å². The van der Waals surface area contributed by atoms with Crippen LogP contribution in [0.15, 0.2) is 18.2 Å². The van der Waals surface area contributed by atoms with Gasteiger partial charge in [0.15, 0.2) is 0 Å². The maximum atomic E-state index is 11.5. The van der Waals surface area contributed by atoms with E-state index >= 15 is 0 Å². The van der Waals surface area contributed by atoms with Gasteiger partial charge in [0.2, 0.25) is 11.8 Å². The first kappa shape index (κ1) is 19.3. The number of halogens is 1. The van der Waals surface area contributed by atoms with Crippen molar-refractivity contribution in [2.75, 3.05) is 25.0 Å². The minimum atomic E-state index is 0. The quantitative estimate of drug-likeness (QED) is 0.626. The van der Waals surface area contributed by atoms with Crippen molar-refractivity contribution < 1.29 is 14.3 Å². The Kier molecular flexibility index (Phi) is 8.43. The average molecular weight is 342 g/mol. The Hall–Kier alpha value is -1.79. The molecule has 0 unspecified atom stereocenters. The molecule has 0 saturated carbocycles. The summed E-state index contributed by atoms with van der Waals surface area (Å²) in [6.07, 6.45) is 3.17. The van der Waals surface area contributed by atoms with Gasteiger partial charge in [0.25, 0.3) is 0 Å². The SMILES string of the molecule is Cl.NCCCNC(=O)CCCOc1ccc2c(c1)CCC(=O)N2. The number of aryl methyl sites for hydroxylation is 1. The predicted octanol–water partition coefficient (Wildman–Crippen LogP) is 1.62. The number of carbonyl (C=O) groups is 2. The summed E-state index contributed by atoms with van der Waals surface area (Å²) in [6, 6.07) is 5.66. The van der Waals surface area contributed by atoms with Crippen LogP contribution in [0.5, 0.6) is 5.75 Å². The fourth-order valence-corrected chi connectivity index (χ4v) is 2.29. The minimum absolute atomic E-state index is 0. The molecule has 1 aromatic carbocycles. The van der Waals surface area contributed by atoms with Crippen molar-refractivity contribution in [3.63, 3.8) is 0 Å². The van der Waals surface area contributed by atoms with Gasteiger partial charge >= 0.3 is 0 Å². The van der Waals surface area contributed by atoms with Crippen molar-refractivity contribution in [2.24, 2.45) is 5.73 Å². The molecule has 0 radical (unpaired) electrons. The highest BCUT2D eigenvalue weighted by molar-refractivity contribution is 5.94. The topological polar surface area (TPSA) is 93.4 Å². The number of amides is 2. The summed E-state index contributed by atoms with van der Waals surface area (Å²) in [5.41, 5.74) is 7.32. The van der Waals surface area contributed by atoms with E-state index in [4.69, 9.17) is 10.5 Å². The van der Waals surface area contributed by atoms with Crippen molar-refractivity contribution in [3.8, 4) is 5.75 Å².